The lowest BCUT2D eigenvalue weighted by atomic mass is 9.88. The van der Waals surface area contributed by atoms with Gasteiger partial charge in [-0.05, 0) is 25.7 Å². The monoisotopic (exact) mass is 299 g/mol. The fraction of sp³-hybridized carbons (Fsp3) is 0.867. The van der Waals surface area contributed by atoms with Gasteiger partial charge in [0.1, 0.15) is 5.84 Å². The summed E-state index contributed by atoms with van der Waals surface area (Å²) in [6.07, 6.45) is 0.404. The van der Waals surface area contributed by atoms with Gasteiger partial charge in [0.15, 0.2) is 0 Å². The lowest BCUT2D eigenvalue weighted by molar-refractivity contribution is -0.138. The molecule has 3 N–H and O–H groups in total. The molecule has 1 heterocycles. The molecule has 21 heavy (non-hydrogen) atoms. The van der Waals surface area contributed by atoms with E-state index in [0.717, 1.165) is 0 Å². The Kier molecular flexibility index (Phi) is 6.45. The zero-order valence-electron chi connectivity index (χ0n) is 13.7. The first-order valence-corrected chi connectivity index (χ1v) is 7.68. The number of rotatable bonds is 6. The van der Waals surface area contributed by atoms with Gasteiger partial charge in [-0.15, -0.1) is 0 Å². The zero-order valence-corrected chi connectivity index (χ0v) is 13.7. The van der Waals surface area contributed by atoms with E-state index in [1.54, 1.807) is 0 Å². The molecular weight excluding hydrogens is 270 g/mol. The summed E-state index contributed by atoms with van der Waals surface area (Å²) < 4.78 is 5.77. The summed E-state index contributed by atoms with van der Waals surface area (Å²) in [5.41, 5.74) is 5.52. The Hall–Kier alpha value is -1.30. The first kappa shape index (κ1) is 17.8. The van der Waals surface area contributed by atoms with E-state index in [1.165, 1.54) is 0 Å². The topological polar surface area (TPSA) is 88.1 Å². The van der Waals surface area contributed by atoms with Gasteiger partial charge in [0.2, 0.25) is 5.91 Å². The molecule has 1 saturated heterocycles. The van der Waals surface area contributed by atoms with Crippen LogP contribution in [0.5, 0.6) is 0 Å². The fourth-order valence-electron chi connectivity index (χ4n) is 2.93. The van der Waals surface area contributed by atoms with E-state index in [9.17, 15) is 4.79 Å². The maximum atomic E-state index is 12.9. The number of amidine groups is 1. The molecule has 6 heteroatoms. The van der Waals surface area contributed by atoms with Crippen molar-refractivity contribution >= 4 is 11.7 Å². The van der Waals surface area contributed by atoms with Gasteiger partial charge in [-0.25, -0.2) is 0 Å². The van der Waals surface area contributed by atoms with Crippen molar-refractivity contribution in [3.8, 4) is 0 Å². The van der Waals surface area contributed by atoms with E-state index >= 15 is 0 Å². The van der Waals surface area contributed by atoms with Crippen molar-refractivity contribution in [3.63, 3.8) is 0 Å². The Morgan fingerprint density at radius 2 is 1.95 bits per heavy atom. The van der Waals surface area contributed by atoms with E-state index in [0.29, 0.717) is 25.4 Å². The molecule has 0 spiro atoms. The molecule has 0 aromatic rings. The Bertz CT molecular complexity index is 384. The van der Waals surface area contributed by atoms with Crippen LogP contribution >= 0.6 is 0 Å². The molecule has 4 unspecified atom stereocenters. The summed E-state index contributed by atoms with van der Waals surface area (Å²) >= 11 is 0. The minimum atomic E-state index is -0.119. The average molecular weight is 299 g/mol. The maximum Gasteiger partial charge on any atom is 0.228 e. The second-order valence-electron chi connectivity index (χ2n) is 6.45. The molecule has 0 aromatic carbocycles. The smallest absolute Gasteiger partial charge is 0.228 e. The molecule has 1 amide bonds. The standard InChI is InChI=1S/C15H29N3O3/c1-9(2)8-18(7-6-13(16)17-20)15(19)14-10(3)11(4)21-12(14)5/h9-12,14,20H,6-8H2,1-5H3,(H2,16,17). The van der Waals surface area contributed by atoms with Crippen LogP contribution in [0.2, 0.25) is 0 Å². The van der Waals surface area contributed by atoms with E-state index in [1.807, 2.05) is 18.7 Å². The predicted octanol–water partition coefficient (Wildman–Crippen LogP) is 1.67. The maximum absolute atomic E-state index is 12.9. The van der Waals surface area contributed by atoms with Gasteiger partial charge in [0.05, 0.1) is 18.1 Å². The van der Waals surface area contributed by atoms with E-state index in [4.69, 9.17) is 15.7 Å². The van der Waals surface area contributed by atoms with Crippen LogP contribution in [0.3, 0.4) is 0 Å². The molecule has 122 valence electrons. The average Bonchev–Trinajstić information content (AvgIpc) is 2.66. The number of hydrogen-bond acceptors (Lipinski definition) is 4. The van der Waals surface area contributed by atoms with Crippen LogP contribution in [-0.2, 0) is 9.53 Å². The first-order chi connectivity index (χ1) is 9.77. The van der Waals surface area contributed by atoms with Crippen molar-refractivity contribution in [1.82, 2.24) is 4.90 Å². The summed E-state index contributed by atoms with van der Waals surface area (Å²) in [6, 6.07) is 0. The van der Waals surface area contributed by atoms with Crippen LogP contribution in [0.15, 0.2) is 5.16 Å². The van der Waals surface area contributed by atoms with Crippen LogP contribution in [-0.4, -0.2) is 47.1 Å². The van der Waals surface area contributed by atoms with Gasteiger partial charge in [-0.3, -0.25) is 4.79 Å². The number of hydrogen-bond donors (Lipinski definition) is 2. The molecule has 1 aliphatic rings. The van der Waals surface area contributed by atoms with Crippen molar-refractivity contribution in [2.24, 2.45) is 28.6 Å². The minimum absolute atomic E-state index is 0.0685. The Labute approximate surface area is 127 Å². The van der Waals surface area contributed by atoms with Gasteiger partial charge in [-0.1, -0.05) is 25.9 Å². The molecule has 4 atom stereocenters. The zero-order chi connectivity index (χ0) is 16.2. The lowest BCUT2D eigenvalue weighted by Crippen LogP contribution is -2.44. The number of carbonyl (C=O) groups excluding carboxylic acids is 1. The summed E-state index contributed by atoms with van der Waals surface area (Å²) in [6.45, 7) is 11.3. The second-order valence-corrected chi connectivity index (χ2v) is 6.45. The molecule has 0 saturated carbocycles. The predicted molar refractivity (Wildman–Crippen MR) is 82.1 cm³/mol. The summed E-state index contributed by atoms with van der Waals surface area (Å²) in [5, 5.41) is 11.6. The third-order valence-electron chi connectivity index (χ3n) is 4.19. The quantitative estimate of drug-likeness (QED) is 0.338. The van der Waals surface area contributed by atoms with Crippen LogP contribution < -0.4 is 5.73 Å². The first-order valence-electron chi connectivity index (χ1n) is 7.68. The Balaban J connectivity index is 2.79. The van der Waals surface area contributed by atoms with E-state index in [-0.39, 0.29) is 35.8 Å². The molecular formula is C15H29N3O3. The van der Waals surface area contributed by atoms with Crippen molar-refractivity contribution in [1.29, 1.82) is 0 Å². The Morgan fingerprint density at radius 1 is 1.33 bits per heavy atom. The van der Waals surface area contributed by atoms with Gasteiger partial charge in [0.25, 0.3) is 0 Å². The molecule has 0 aromatic heterocycles. The molecule has 1 rings (SSSR count). The molecule has 0 bridgehead atoms. The van der Waals surface area contributed by atoms with Crippen molar-refractivity contribution < 1.29 is 14.7 Å². The molecule has 0 aliphatic carbocycles. The van der Waals surface area contributed by atoms with E-state index in [2.05, 4.69) is 25.9 Å². The van der Waals surface area contributed by atoms with Crippen LogP contribution in [0.4, 0.5) is 0 Å². The van der Waals surface area contributed by atoms with Crippen molar-refractivity contribution in [2.75, 3.05) is 13.1 Å². The number of nitrogens with two attached hydrogens (primary N) is 1. The minimum Gasteiger partial charge on any atom is -0.409 e. The SMILES string of the molecule is CC(C)CN(CCC(N)=NO)C(=O)C1C(C)OC(C)C1C. The van der Waals surface area contributed by atoms with Gasteiger partial charge in [-0.2, -0.15) is 0 Å². The Morgan fingerprint density at radius 3 is 2.38 bits per heavy atom. The third kappa shape index (κ3) is 4.59. The number of carbonyl (C=O) groups is 1. The van der Waals surface area contributed by atoms with Gasteiger partial charge in [0, 0.05) is 19.5 Å². The van der Waals surface area contributed by atoms with E-state index < -0.39 is 0 Å². The third-order valence-corrected chi connectivity index (χ3v) is 4.19. The summed E-state index contributed by atoms with van der Waals surface area (Å²) in [5.74, 6) is 0.705. The van der Waals surface area contributed by atoms with Crippen LogP contribution in [0, 0.1) is 17.8 Å². The highest BCUT2D eigenvalue weighted by Gasteiger charge is 2.43. The number of oxime groups is 1. The fourth-order valence-corrected chi connectivity index (χ4v) is 2.93. The molecule has 6 nitrogen and oxygen atoms in total. The highest BCUT2D eigenvalue weighted by Crippen LogP contribution is 2.33. The molecule has 1 fully saturated rings. The highest BCUT2D eigenvalue weighted by molar-refractivity contribution is 5.82. The lowest BCUT2D eigenvalue weighted by Gasteiger charge is -2.29. The normalized spacial score (nSPS) is 29.9. The number of ether oxygens (including phenoxy) is 1. The van der Waals surface area contributed by atoms with Gasteiger partial charge >= 0.3 is 0 Å². The van der Waals surface area contributed by atoms with Crippen molar-refractivity contribution in [2.45, 2.75) is 53.2 Å². The van der Waals surface area contributed by atoms with Crippen molar-refractivity contribution in [3.05, 3.63) is 0 Å². The summed E-state index contributed by atoms with van der Waals surface area (Å²) in [7, 11) is 0. The van der Waals surface area contributed by atoms with Gasteiger partial charge < -0.3 is 20.6 Å². The number of amides is 1. The highest BCUT2D eigenvalue weighted by atomic mass is 16.5. The summed E-state index contributed by atoms with van der Waals surface area (Å²) in [4.78, 5) is 14.7. The van der Waals surface area contributed by atoms with Crippen LogP contribution in [0.25, 0.3) is 0 Å². The molecule has 1 aliphatic heterocycles. The molecule has 0 radical (unpaired) electrons. The second kappa shape index (κ2) is 7.64. The number of nitrogens with zero attached hydrogens (tertiary/aromatic N) is 2. The van der Waals surface area contributed by atoms with Crippen LogP contribution in [0.1, 0.15) is 41.0 Å². The largest absolute Gasteiger partial charge is 0.409 e.